The van der Waals surface area contributed by atoms with Crippen molar-refractivity contribution in [2.45, 2.75) is 20.3 Å². The van der Waals surface area contributed by atoms with Crippen LogP contribution in [0.3, 0.4) is 0 Å². The summed E-state index contributed by atoms with van der Waals surface area (Å²) in [4.78, 5) is 24.0. The van der Waals surface area contributed by atoms with E-state index in [2.05, 4.69) is 5.32 Å². The first-order valence-corrected chi connectivity index (χ1v) is 9.03. The van der Waals surface area contributed by atoms with E-state index >= 15 is 0 Å². The van der Waals surface area contributed by atoms with E-state index in [0.29, 0.717) is 41.7 Å². The first kappa shape index (κ1) is 21.1. The number of carbonyl (C=O) groups is 2. The maximum absolute atomic E-state index is 12.1. The Balaban J connectivity index is 1.87. The Morgan fingerprint density at radius 1 is 0.964 bits per heavy atom. The fraction of sp³-hybridized carbons (Fsp3) is 0.333. The molecular formula is C21H25NO6. The number of carbonyl (C=O) groups excluding carboxylic acids is 2. The minimum absolute atomic E-state index is 0.0267. The maximum Gasteiger partial charge on any atom is 0.310 e. The maximum atomic E-state index is 12.1. The summed E-state index contributed by atoms with van der Waals surface area (Å²) in [5, 5.41) is 2.65. The summed E-state index contributed by atoms with van der Waals surface area (Å²) in [6.45, 7) is 4.39. The molecular weight excluding hydrogens is 362 g/mol. The molecule has 1 amide bonds. The van der Waals surface area contributed by atoms with Crippen LogP contribution in [0.5, 0.6) is 17.2 Å². The monoisotopic (exact) mass is 387 g/mol. The molecule has 0 bridgehead atoms. The molecule has 0 aliphatic heterocycles. The van der Waals surface area contributed by atoms with Crippen molar-refractivity contribution < 1.29 is 28.5 Å². The Hall–Kier alpha value is -3.22. The lowest BCUT2D eigenvalue weighted by molar-refractivity contribution is -0.146. The molecule has 0 saturated carbocycles. The quantitative estimate of drug-likeness (QED) is 0.631. The van der Waals surface area contributed by atoms with Crippen molar-refractivity contribution in [2.75, 3.05) is 32.2 Å². The van der Waals surface area contributed by atoms with Gasteiger partial charge in [0.2, 0.25) is 0 Å². The van der Waals surface area contributed by atoms with Gasteiger partial charge in [-0.1, -0.05) is 12.1 Å². The first-order chi connectivity index (χ1) is 13.5. The molecule has 1 N–H and O–H groups in total. The first-order valence-electron chi connectivity index (χ1n) is 9.03. The molecule has 2 aromatic rings. The van der Waals surface area contributed by atoms with Crippen LogP contribution in [-0.2, 0) is 20.7 Å². The van der Waals surface area contributed by atoms with Gasteiger partial charge >= 0.3 is 5.97 Å². The predicted octanol–water partition coefficient (Wildman–Crippen LogP) is 3.22. The van der Waals surface area contributed by atoms with Crippen LogP contribution < -0.4 is 19.5 Å². The van der Waals surface area contributed by atoms with Crippen molar-refractivity contribution in [2.24, 2.45) is 0 Å². The van der Waals surface area contributed by atoms with Gasteiger partial charge in [-0.25, -0.2) is 0 Å². The van der Waals surface area contributed by atoms with Gasteiger partial charge in [0, 0.05) is 11.8 Å². The van der Waals surface area contributed by atoms with Gasteiger partial charge in [0.25, 0.3) is 5.91 Å². The number of rotatable bonds is 10. The SMILES string of the molecule is CCOc1ccc(CC(=O)OCC(=O)Nc2cccc(OC)c2)cc1OCC. The van der Waals surface area contributed by atoms with Crippen LogP contribution >= 0.6 is 0 Å². The number of ether oxygens (including phenoxy) is 4. The number of amides is 1. The second-order valence-corrected chi connectivity index (χ2v) is 5.76. The molecule has 0 atom stereocenters. The summed E-state index contributed by atoms with van der Waals surface area (Å²) >= 11 is 0. The molecule has 0 unspecified atom stereocenters. The van der Waals surface area contributed by atoms with Crippen LogP contribution in [0.25, 0.3) is 0 Å². The number of esters is 1. The van der Waals surface area contributed by atoms with Gasteiger partial charge in [-0.05, 0) is 43.7 Å². The fourth-order valence-electron chi connectivity index (χ4n) is 2.47. The molecule has 0 radical (unpaired) electrons. The molecule has 0 saturated heterocycles. The van der Waals surface area contributed by atoms with Crippen LogP contribution in [0, 0.1) is 0 Å². The van der Waals surface area contributed by atoms with E-state index < -0.39 is 11.9 Å². The third-order valence-corrected chi connectivity index (χ3v) is 3.67. The Kier molecular flexibility index (Phi) is 8.14. The Morgan fingerprint density at radius 3 is 2.43 bits per heavy atom. The minimum atomic E-state index is -0.507. The molecule has 7 nitrogen and oxygen atoms in total. The van der Waals surface area contributed by atoms with E-state index in [1.54, 1.807) is 49.6 Å². The molecule has 150 valence electrons. The highest BCUT2D eigenvalue weighted by Gasteiger charge is 2.12. The summed E-state index contributed by atoms with van der Waals surface area (Å²) in [7, 11) is 1.54. The standard InChI is InChI=1S/C21H25NO6/c1-4-26-18-10-9-15(11-19(18)27-5-2)12-21(24)28-14-20(23)22-16-7-6-8-17(13-16)25-3/h6-11,13H,4-5,12,14H2,1-3H3,(H,22,23). The number of anilines is 1. The van der Waals surface area contributed by atoms with E-state index in [-0.39, 0.29) is 13.0 Å². The smallest absolute Gasteiger partial charge is 0.310 e. The summed E-state index contributed by atoms with van der Waals surface area (Å²) in [6.07, 6.45) is 0.0267. The van der Waals surface area contributed by atoms with Gasteiger partial charge in [0.05, 0.1) is 26.7 Å². The topological polar surface area (TPSA) is 83.1 Å². The number of methoxy groups -OCH3 is 1. The normalized spacial score (nSPS) is 10.1. The zero-order chi connectivity index (χ0) is 20.4. The number of nitrogens with one attached hydrogen (secondary N) is 1. The van der Waals surface area contributed by atoms with Crippen LogP contribution in [-0.4, -0.2) is 38.8 Å². The molecule has 28 heavy (non-hydrogen) atoms. The van der Waals surface area contributed by atoms with Crippen molar-refractivity contribution >= 4 is 17.6 Å². The molecule has 0 aliphatic carbocycles. The van der Waals surface area contributed by atoms with Gasteiger partial charge in [-0.3, -0.25) is 9.59 Å². The van der Waals surface area contributed by atoms with E-state index in [1.807, 2.05) is 13.8 Å². The average molecular weight is 387 g/mol. The van der Waals surface area contributed by atoms with Crippen molar-refractivity contribution in [1.29, 1.82) is 0 Å². The summed E-state index contributed by atoms with van der Waals surface area (Å²) < 4.78 is 21.2. The van der Waals surface area contributed by atoms with E-state index in [0.717, 1.165) is 0 Å². The van der Waals surface area contributed by atoms with Gasteiger partial charge in [-0.2, -0.15) is 0 Å². The third-order valence-electron chi connectivity index (χ3n) is 3.67. The highest BCUT2D eigenvalue weighted by Crippen LogP contribution is 2.28. The molecule has 0 aromatic heterocycles. The van der Waals surface area contributed by atoms with Crippen LogP contribution in [0.15, 0.2) is 42.5 Å². The Labute approximate surface area is 164 Å². The predicted molar refractivity (Wildman–Crippen MR) is 105 cm³/mol. The molecule has 0 spiro atoms. The van der Waals surface area contributed by atoms with Crippen molar-refractivity contribution in [3.8, 4) is 17.2 Å². The van der Waals surface area contributed by atoms with E-state index in [4.69, 9.17) is 18.9 Å². The van der Waals surface area contributed by atoms with Gasteiger partial charge < -0.3 is 24.3 Å². The molecule has 2 aromatic carbocycles. The number of hydrogen-bond donors (Lipinski definition) is 1. The summed E-state index contributed by atoms with van der Waals surface area (Å²) in [5.41, 5.74) is 1.28. The minimum Gasteiger partial charge on any atom is -0.497 e. The molecule has 0 fully saturated rings. The fourth-order valence-corrected chi connectivity index (χ4v) is 2.47. The molecule has 2 rings (SSSR count). The zero-order valence-corrected chi connectivity index (χ0v) is 16.3. The van der Waals surface area contributed by atoms with Gasteiger partial charge in [0.15, 0.2) is 18.1 Å². The molecule has 0 aliphatic rings. The van der Waals surface area contributed by atoms with Crippen molar-refractivity contribution in [3.05, 3.63) is 48.0 Å². The third kappa shape index (κ3) is 6.50. The summed E-state index contributed by atoms with van der Waals surface area (Å²) in [5.74, 6) is 0.885. The van der Waals surface area contributed by atoms with Crippen LogP contribution in [0.2, 0.25) is 0 Å². The van der Waals surface area contributed by atoms with E-state index in [1.165, 1.54) is 0 Å². The largest absolute Gasteiger partial charge is 0.497 e. The highest BCUT2D eigenvalue weighted by molar-refractivity contribution is 5.93. The average Bonchev–Trinajstić information content (AvgIpc) is 2.69. The lowest BCUT2D eigenvalue weighted by atomic mass is 10.1. The summed E-state index contributed by atoms with van der Waals surface area (Å²) in [6, 6.07) is 12.2. The zero-order valence-electron chi connectivity index (χ0n) is 16.3. The highest BCUT2D eigenvalue weighted by atomic mass is 16.5. The Morgan fingerprint density at radius 2 is 1.71 bits per heavy atom. The molecule has 0 heterocycles. The van der Waals surface area contributed by atoms with Gasteiger partial charge in [0.1, 0.15) is 5.75 Å². The second kappa shape index (κ2) is 10.8. The molecule has 7 heteroatoms. The van der Waals surface area contributed by atoms with Crippen LogP contribution in [0.4, 0.5) is 5.69 Å². The Bertz CT molecular complexity index is 805. The van der Waals surface area contributed by atoms with Crippen molar-refractivity contribution in [1.82, 2.24) is 0 Å². The second-order valence-electron chi connectivity index (χ2n) is 5.76. The van der Waals surface area contributed by atoms with Gasteiger partial charge in [-0.15, -0.1) is 0 Å². The number of benzene rings is 2. The number of hydrogen-bond acceptors (Lipinski definition) is 6. The van der Waals surface area contributed by atoms with E-state index in [9.17, 15) is 9.59 Å². The van der Waals surface area contributed by atoms with Crippen molar-refractivity contribution in [3.63, 3.8) is 0 Å². The lowest BCUT2D eigenvalue weighted by Crippen LogP contribution is -2.21. The van der Waals surface area contributed by atoms with Crippen LogP contribution in [0.1, 0.15) is 19.4 Å². The lowest BCUT2D eigenvalue weighted by Gasteiger charge is -2.12.